The zero-order valence-electron chi connectivity index (χ0n) is 10.6. The van der Waals surface area contributed by atoms with Gasteiger partial charge in [0.2, 0.25) is 0 Å². The largest absolute Gasteiger partial charge is 0.497 e. The lowest BCUT2D eigenvalue weighted by atomic mass is 10.0. The topological polar surface area (TPSA) is 44.5 Å². The van der Waals surface area contributed by atoms with Crippen LogP contribution in [0.25, 0.3) is 0 Å². The van der Waals surface area contributed by atoms with Gasteiger partial charge in [0.15, 0.2) is 0 Å². The van der Waals surface area contributed by atoms with Crippen molar-refractivity contribution in [2.45, 2.75) is 25.3 Å². The number of benzene rings is 1. The Morgan fingerprint density at radius 3 is 2.71 bits per heavy atom. The van der Waals surface area contributed by atoms with Gasteiger partial charge >= 0.3 is 0 Å². The first-order valence-corrected chi connectivity index (χ1v) is 5.81. The average Bonchev–Trinajstić information content (AvgIpc) is 2.38. The van der Waals surface area contributed by atoms with Crippen molar-refractivity contribution >= 4 is 0 Å². The first-order valence-electron chi connectivity index (χ1n) is 5.81. The van der Waals surface area contributed by atoms with Crippen LogP contribution in [0.5, 0.6) is 11.5 Å². The molecule has 2 N–H and O–H groups in total. The summed E-state index contributed by atoms with van der Waals surface area (Å²) in [6.45, 7) is 3.70. The van der Waals surface area contributed by atoms with Gasteiger partial charge < -0.3 is 15.2 Å². The number of hydrogen-bond acceptors (Lipinski definition) is 3. The molecule has 0 heterocycles. The van der Waals surface area contributed by atoms with Crippen molar-refractivity contribution in [3.05, 3.63) is 36.4 Å². The molecule has 0 aromatic heterocycles. The Morgan fingerprint density at radius 1 is 1.35 bits per heavy atom. The maximum Gasteiger partial charge on any atom is 0.127 e. The van der Waals surface area contributed by atoms with Crippen molar-refractivity contribution in [3.63, 3.8) is 0 Å². The molecular weight excluding hydrogens is 214 g/mol. The quantitative estimate of drug-likeness (QED) is 0.583. The molecule has 0 radical (unpaired) electrons. The Balaban J connectivity index is 2.77. The van der Waals surface area contributed by atoms with E-state index in [-0.39, 0.29) is 6.04 Å². The zero-order chi connectivity index (χ0) is 12.7. The summed E-state index contributed by atoms with van der Waals surface area (Å²) in [7, 11) is 3.28. The van der Waals surface area contributed by atoms with Gasteiger partial charge in [-0.1, -0.05) is 12.1 Å². The van der Waals surface area contributed by atoms with Gasteiger partial charge in [0.05, 0.1) is 14.2 Å². The van der Waals surface area contributed by atoms with Gasteiger partial charge in [-0.05, 0) is 25.3 Å². The van der Waals surface area contributed by atoms with Crippen LogP contribution in [-0.2, 0) is 0 Å². The fourth-order valence-corrected chi connectivity index (χ4v) is 1.76. The van der Waals surface area contributed by atoms with Crippen LogP contribution in [0.1, 0.15) is 30.9 Å². The molecule has 0 aliphatic heterocycles. The Kier molecular flexibility index (Phi) is 5.57. The summed E-state index contributed by atoms with van der Waals surface area (Å²) in [5.74, 6) is 1.57. The third-order valence-electron chi connectivity index (χ3n) is 2.76. The molecule has 1 aromatic carbocycles. The summed E-state index contributed by atoms with van der Waals surface area (Å²) in [5, 5.41) is 0. The zero-order valence-corrected chi connectivity index (χ0v) is 10.6. The second-order valence-electron chi connectivity index (χ2n) is 3.93. The molecule has 0 saturated carbocycles. The highest BCUT2D eigenvalue weighted by Crippen LogP contribution is 2.30. The SMILES string of the molecule is C=CCCCC(N)c1ccc(OC)cc1OC. The van der Waals surface area contributed by atoms with Crippen LogP contribution in [0.15, 0.2) is 30.9 Å². The normalized spacial score (nSPS) is 11.9. The third-order valence-corrected chi connectivity index (χ3v) is 2.76. The molecule has 0 bridgehead atoms. The monoisotopic (exact) mass is 235 g/mol. The number of rotatable bonds is 7. The highest BCUT2D eigenvalue weighted by Gasteiger charge is 2.12. The summed E-state index contributed by atoms with van der Waals surface area (Å²) >= 11 is 0. The van der Waals surface area contributed by atoms with Crippen LogP contribution in [0.2, 0.25) is 0 Å². The van der Waals surface area contributed by atoms with Crippen LogP contribution in [0.3, 0.4) is 0 Å². The second kappa shape index (κ2) is 6.97. The first-order chi connectivity index (χ1) is 8.22. The molecule has 94 valence electrons. The highest BCUT2D eigenvalue weighted by atomic mass is 16.5. The van der Waals surface area contributed by atoms with Gasteiger partial charge in [0.25, 0.3) is 0 Å². The van der Waals surface area contributed by atoms with Crippen LogP contribution in [0.4, 0.5) is 0 Å². The van der Waals surface area contributed by atoms with Crippen LogP contribution >= 0.6 is 0 Å². The van der Waals surface area contributed by atoms with Crippen molar-refractivity contribution in [2.75, 3.05) is 14.2 Å². The molecule has 0 saturated heterocycles. The van der Waals surface area contributed by atoms with Gasteiger partial charge in [0, 0.05) is 17.7 Å². The van der Waals surface area contributed by atoms with Crippen LogP contribution in [0, 0.1) is 0 Å². The highest BCUT2D eigenvalue weighted by molar-refractivity contribution is 5.42. The Bertz CT molecular complexity index is 363. The molecule has 3 heteroatoms. The lowest BCUT2D eigenvalue weighted by Gasteiger charge is -2.16. The smallest absolute Gasteiger partial charge is 0.127 e. The van der Waals surface area contributed by atoms with Crippen molar-refractivity contribution in [1.29, 1.82) is 0 Å². The number of ether oxygens (including phenoxy) is 2. The van der Waals surface area contributed by atoms with E-state index in [1.807, 2.05) is 24.3 Å². The average molecular weight is 235 g/mol. The first kappa shape index (κ1) is 13.6. The molecule has 1 rings (SSSR count). The van der Waals surface area contributed by atoms with E-state index in [2.05, 4.69) is 6.58 Å². The van der Waals surface area contributed by atoms with Gasteiger partial charge in [-0.25, -0.2) is 0 Å². The van der Waals surface area contributed by atoms with Crippen LogP contribution < -0.4 is 15.2 Å². The minimum atomic E-state index is -0.00388. The maximum absolute atomic E-state index is 6.15. The van der Waals surface area contributed by atoms with Gasteiger partial charge in [-0.2, -0.15) is 0 Å². The molecule has 1 unspecified atom stereocenters. The lowest BCUT2D eigenvalue weighted by molar-refractivity contribution is 0.387. The fourth-order valence-electron chi connectivity index (χ4n) is 1.76. The number of nitrogens with two attached hydrogens (primary N) is 1. The molecule has 3 nitrogen and oxygen atoms in total. The molecular formula is C14H21NO2. The summed E-state index contributed by atoms with van der Waals surface area (Å²) in [6, 6.07) is 5.74. The van der Waals surface area contributed by atoms with Crippen molar-refractivity contribution < 1.29 is 9.47 Å². The number of allylic oxidation sites excluding steroid dienone is 1. The summed E-state index contributed by atoms with van der Waals surface area (Å²) in [4.78, 5) is 0. The van der Waals surface area contributed by atoms with E-state index in [4.69, 9.17) is 15.2 Å². The van der Waals surface area contributed by atoms with Gasteiger partial charge in [-0.3, -0.25) is 0 Å². The number of hydrogen-bond donors (Lipinski definition) is 1. The molecule has 0 fully saturated rings. The summed E-state index contributed by atoms with van der Waals surface area (Å²) < 4.78 is 10.5. The minimum absolute atomic E-state index is 0.00388. The number of methoxy groups -OCH3 is 2. The molecule has 1 aromatic rings. The lowest BCUT2D eigenvalue weighted by Crippen LogP contribution is -2.11. The summed E-state index contributed by atoms with van der Waals surface area (Å²) in [5.41, 5.74) is 7.17. The molecule has 0 aliphatic rings. The van der Waals surface area contributed by atoms with E-state index in [0.717, 1.165) is 36.3 Å². The van der Waals surface area contributed by atoms with E-state index < -0.39 is 0 Å². The molecule has 17 heavy (non-hydrogen) atoms. The van der Waals surface area contributed by atoms with E-state index in [1.54, 1.807) is 14.2 Å². The standard InChI is InChI=1S/C14H21NO2/c1-4-5-6-7-13(15)12-9-8-11(16-2)10-14(12)17-3/h4,8-10,13H,1,5-7,15H2,2-3H3. The minimum Gasteiger partial charge on any atom is -0.497 e. The Labute approximate surface area is 103 Å². The molecule has 0 aliphatic carbocycles. The van der Waals surface area contributed by atoms with Crippen molar-refractivity contribution in [3.8, 4) is 11.5 Å². The predicted molar refractivity (Wildman–Crippen MR) is 70.5 cm³/mol. The Hall–Kier alpha value is -1.48. The molecule has 1 atom stereocenters. The van der Waals surface area contributed by atoms with E-state index >= 15 is 0 Å². The van der Waals surface area contributed by atoms with Crippen molar-refractivity contribution in [2.24, 2.45) is 5.73 Å². The second-order valence-corrected chi connectivity index (χ2v) is 3.93. The van der Waals surface area contributed by atoms with E-state index in [9.17, 15) is 0 Å². The fraction of sp³-hybridized carbons (Fsp3) is 0.429. The third kappa shape index (κ3) is 3.79. The molecule has 0 spiro atoms. The molecule has 0 amide bonds. The van der Waals surface area contributed by atoms with E-state index in [0.29, 0.717) is 0 Å². The van der Waals surface area contributed by atoms with Crippen molar-refractivity contribution in [1.82, 2.24) is 0 Å². The van der Waals surface area contributed by atoms with E-state index in [1.165, 1.54) is 0 Å². The number of unbranched alkanes of at least 4 members (excludes halogenated alkanes) is 1. The van der Waals surface area contributed by atoms with Gasteiger partial charge in [-0.15, -0.1) is 6.58 Å². The van der Waals surface area contributed by atoms with Crippen LogP contribution in [-0.4, -0.2) is 14.2 Å². The maximum atomic E-state index is 6.15. The summed E-state index contributed by atoms with van der Waals surface area (Å²) in [6.07, 6.45) is 4.87. The Morgan fingerprint density at radius 2 is 2.12 bits per heavy atom. The van der Waals surface area contributed by atoms with Gasteiger partial charge in [0.1, 0.15) is 11.5 Å². The predicted octanol–water partition coefficient (Wildman–Crippen LogP) is 3.06.